The van der Waals surface area contributed by atoms with Crippen LogP contribution in [0.1, 0.15) is 0 Å². The first-order valence-electron chi connectivity index (χ1n) is 19.0. The number of nitrogens with zero attached hydrogens (tertiary/aromatic N) is 2. The van der Waals surface area contributed by atoms with E-state index in [0.717, 1.165) is 33.1 Å². The summed E-state index contributed by atoms with van der Waals surface area (Å²) in [6.07, 6.45) is 0. The van der Waals surface area contributed by atoms with Crippen molar-refractivity contribution in [3.8, 4) is 11.4 Å². The highest BCUT2D eigenvalue weighted by molar-refractivity contribution is 7.00. The lowest BCUT2D eigenvalue weighted by molar-refractivity contribution is 0.669. The zero-order valence-corrected chi connectivity index (χ0v) is 29.2. The molecule has 6 heterocycles. The summed E-state index contributed by atoms with van der Waals surface area (Å²) in [6.45, 7) is 0.0905. The van der Waals surface area contributed by atoms with Crippen molar-refractivity contribution in [1.29, 1.82) is 0 Å². The van der Waals surface area contributed by atoms with E-state index < -0.39 is 0 Å². The molecule has 0 saturated carbocycles. The highest BCUT2D eigenvalue weighted by Crippen LogP contribution is 2.44. The largest absolute Gasteiger partial charge is 0.456 e. The van der Waals surface area contributed by atoms with Crippen molar-refractivity contribution in [2.24, 2.45) is 0 Å². The van der Waals surface area contributed by atoms with Gasteiger partial charge in [-0.2, -0.15) is 0 Å². The van der Waals surface area contributed by atoms with Crippen LogP contribution < -0.4 is 16.4 Å². The molecule has 0 saturated heterocycles. The predicted molar refractivity (Wildman–Crippen MR) is 229 cm³/mol. The van der Waals surface area contributed by atoms with Crippen LogP contribution in [-0.4, -0.2) is 15.8 Å². The van der Waals surface area contributed by atoms with Crippen LogP contribution in [0.5, 0.6) is 0 Å². The van der Waals surface area contributed by atoms with E-state index in [2.05, 4.69) is 161 Å². The molecule has 0 aliphatic carbocycles. The van der Waals surface area contributed by atoms with E-state index in [4.69, 9.17) is 8.83 Å². The maximum absolute atomic E-state index is 6.65. The number of rotatable bonds is 0. The first-order valence-corrected chi connectivity index (χ1v) is 19.0. The fourth-order valence-corrected chi connectivity index (χ4v) is 10.9. The minimum absolute atomic E-state index is 0.0905. The summed E-state index contributed by atoms with van der Waals surface area (Å²) in [4.78, 5) is 0. The zero-order valence-electron chi connectivity index (χ0n) is 29.2. The second-order valence-corrected chi connectivity index (χ2v) is 15.6. The number of benzene rings is 9. The summed E-state index contributed by atoms with van der Waals surface area (Å²) in [7, 11) is 0. The predicted octanol–water partition coefficient (Wildman–Crippen LogP) is 11.1. The smallest absolute Gasteiger partial charge is 0.252 e. The lowest BCUT2D eigenvalue weighted by Crippen LogP contribution is -2.59. The minimum atomic E-state index is 0.0905. The Morgan fingerprint density at radius 3 is 1.36 bits per heavy atom. The van der Waals surface area contributed by atoms with Crippen molar-refractivity contribution in [2.45, 2.75) is 0 Å². The Morgan fingerprint density at radius 2 is 0.836 bits per heavy atom. The Balaban J connectivity index is 1.07. The van der Waals surface area contributed by atoms with Gasteiger partial charge in [-0.25, -0.2) is 0 Å². The Labute approximate surface area is 312 Å². The van der Waals surface area contributed by atoms with E-state index >= 15 is 0 Å². The molecule has 4 aromatic heterocycles. The first-order chi connectivity index (χ1) is 27.3. The molecule has 15 rings (SSSR count). The van der Waals surface area contributed by atoms with Gasteiger partial charge in [0.05, 0.1) is 11.0 Å². The van der Waals surface area contributed by atoms with E-state index in [0.29, 0.717) is 0 Å². The SMILES string of the molecule is c1cc2c3c(c1)-n1c4cc5oc6ccc7ccccc7c6c5cc4c4cccc(c41)B3c1cccc3c4cc5c(cc4n-2c13)oc1ccc2ccccc2c15. The lowest BCUT2D eigenvalue weighted by atomic mass is 9.34. The average molecular weight is 697 g/mol. The van der Waals surface area contributed by atoms with Gasteiger partial charge in [-0.1, -0.05) is 103 Å². The minimum Gasteiger partial charge on any atom is -0.456 e. The molecule has 2 aliphatic heterocycles. The number of fused-ring (bicyclic) bond motifs is 20. The second kappa shape index (κ2) is 9.10. The molecule has 5 heteroatoms. The van der Waals surface area contributed by atoms with Gasteiger partial charge in [0, 0.05) is 77.6 Å². The number of hydrogen-bond donors (Lipinski definition) is 0. The number of aromatic nitrogens is 2. The van der Waals surface area contributed by atoms with Crippen molar-refractivity contribution in [2.75, 3.05) is 0 Å². The molecule has 250 valence electrons. The van der Waals surface area contributed by atoms with Gasteiger partial charge in [0.2, 0.25) is 0 Å². The number of furan rings is 2. The maximum atomic E-state index is 6.65. The normalized spacial score (nSPS) is 13.4. The number of para-hydroxylation sites is 2. The van der Waals surface area contributed by atoms with Crippen LogP contribution in [0.4, 0.5) is 0 Å². The molecule has 55 heavy (non-hydrogen) atoms. The molecular formula is C50H25BN2O2. The Kier molecular flexibility index (Phi) is 4.53. The van der Waals surface area contributed by atoms with Crippen molar-refractivity contribution >= 4 is 132 Å². The van der Waals surface area contributed by atoms with Crippen molar-refractivity contribution in [3.63, 3.8) is 0 Å². The number of hydrogen-bond acceptors (Lipinski definition) is 2. The molecule has 0 radical (unpaired) electrons. The Morgan fingerprint density at radius 1 is 0.364 bits per heavy atom. The maximum Gasteiger partial charge on any atom is 0.252 e. The van der Waals surface area contributed by atoms with Gasteiger partial charge in [-0.3, -0.25) is 0 Å². The molecule has 13 aromatic rings. The molecule has 9 aromatic carbocycles. The molecule has 0 amide bonds. The monoisotopic (exact) mass is 696 g/mol. The van der Waals surface area contributed by atoms with Crippen LogP contribution >= 0.6 is 0 Å². The van der Waals surface area contributed by atoms with Crippen LogP contribution in [0, 0.1) is 0 Å². The molecule has 0 unspecified atom stereocenters. The van der Waals surface area contributed by atoms with Gasteiger partial charge >= 0.3 is 0 Å². The van der Waals surface area contributed by atoms with Gasteiger partial charge in [0.15, 0.2) is 0 Å². The van der Waals surface area contributed by atoms with Crippen LogP contribution in [0.3, 0.4) is 0 Å². The average Bonchev–Trinajstić information content (AvgIpc) is 3.97. The summed E-state index contributed by atoms with van der Waals surface area (Å²) in [6, 6.07) is 55.9. The topological polar surface area (TPSA) is 36.1 Å². The molecule has 2 aliphatic rings. The molecule has 4 nitrogen and oxygen atoms in total. The summed E-state index contributed by atoms with van der Waals surface area (Å²) < 4.78 is 18.3. The standard InChI is InChI=1S/C50H25BN2O2/c1-3-10-28-26(8-1)18-20-42-46(28)34-22-32-30-12-5-14-36-49(30)52(40(32)24-44(34)54-42)38-16-7-17-39-48(38)51(36)37-15-6-13-31-33-23-35-45(25-41(33)53(39)50(31)37)55-43-21-19-27-9-2-4-11-29(27)47(35)43/h1-25H. The van der Waals surface area contributed by atoms with Gasteiger partial charge in [-0.15, -0.1) is 0 Å². The van der Waals surface area contributed by atoms with Crippen LogP contribution in [0.25, 0.3) is 120 Å². The Bertz CT molecular complexity index is 3710. The van der Waals surface area contributed by atoms with Crippen molar-refractivity contribution in [1.82, 2.24) is 9.13 Å². The highest BCUT2D eigenvalue weighted by Gasteiger charge is 2.40. The van der Waals surface area contributed by atoms with Crippen LogP contribution in [-0.2, 0) is 0 Å². The Hall–Kier alpha value is -7.24. The van der Waals surface area contributed by atoms with Gasteiger partial charge in [-0.05, 0) is 74.3 Å². The molecule has 0 bridgehead atoms. The molecule has 0 spiro atoms. The van der Waals surface area contributed by atoms with E-state index in [1.54, 1.807) is 0 Å². The third-order valence-corrected chi connectivity index (χ3v) is 13.1. The highest BCUT2D eigenvalue weighted by atomic mass is 16.3. The second-order valence-electron chi connectivity index (χ2n) is 15.6. The third-order valence-electron chi connectivity index (χ3n) is 13.1. The van der Waals surface area contributed by atoms with E-state index in [1.807, 2.05) is 0 Å². The fraction of sp³-hybridized carbons (Fsp3) is 0. The van der Waals surface area contributed by atoms with Crippen molar-refractivity contribution < 1.29 is 8.83 Å². The molecule has 0 N–H and O–H groups in total. The lowest BCUT2D eigenvalue weighted by Gasteiger charge is -2.33. The quantitative estimate of drug-likeness (QED) is 0.148. The first kappa shape index (κ1) is 27.4. The molecule has 0 atom stereocenters. The fourth-order valence-electron chi connectivity index (χ4n) is 10.9. The van der Waals surface area contributed by atoms with E-state index in [9.17, 15) is 0 Å². The van der Waals surface area contributed by atoms with Crippen molar-refractivity contribution in [3.05, 3.63) is 152 Å². The van der Waals surface area contributed by atoms with Crippen LogP contribution in [0.2, 0.25) is 0 Å². The molecule has 0 fully saturated rings. The summed E-state index contributed by atoms with van der Waals surface area (Å²) in [5, 5.41) is 14.6. The van der Waals surface area contributed by atoms with E-state index in [1.165, 1.54) is 104 Å². The zero-order chi connectivity index (χ0) is 35.3. The van der Waals surface area contributed by atoms with Gasteiger partial charge in [0.25, 0.3) is 6.71 Å². The van der Waals surface area contributed by atoms with E-state index in [-0.39, 0.29) is 6.71 Å². The summed E-state index contributed by atoms with van der Waals surface area (Å²) >= 11 is 0. The van der Waals surface area contributed by atoms with Gasteiger partial charge < -0.3 is 18.0 Å². The van der Waals surface area contributed by atoms with Crippen LogP contribution in [0.15, 0.2) is 160 Å². The summed E-state index contributed by atoms with van der Waals surface area (Å²) in [5.74, 6) is 0. The third kappa shape index (κ3) is 3.07. The molecular weight excluding hydrogens is 671 g/mol. The van der Waals surface area contributed by atoms with Gasteiger partial charge in [0.1, 0.15) is 22.3 Å². The summed E-state index contributed by atoms with van der Waals surface area (Å²) in [5.41, 5.74) is 15.1.